The average molecular weight is 501 g/mol. The number of nitrogens with zero attached hydrogens (tertiary/aromatic N) is 6. The van der Waals surface area contributed by atoms with E-state index < -0.39 is 0 Å². The molecule has 0 saturated carbocycles. The Bertz CT molecular complexity index is 1420. The first-order valence-electron chi connectivity index (χ1n) is 12.3. The van der Waals surface area contributed by atoms with Gasteiger partial charge in [0.25, 0.3) is 5.95 Å². The topological polar surface area (TPSA) is 68.5 Å². The number of aryl methyl sites for hydroxylation is 1. The van der Waals surface area contributed by atoms with Gasteiger partial charge in [0.2, 0.25) is 0 Å². The second-order valence-electron chi connectivity index (χ2n) is 8.98. The van der Waals surface area contributed by atoms with Gasteiger partial charge in [-0.15, -0.1) is 11.3 Å². The molecule has 2 aliphatic rings. The number of fused-ring (bicyclic) bond motifs is 1. The zero-order valence-corrected chi connectivity index (χ0v) is 21.1. The number of thiophene rings is 1. The lowest BCUT2D eigenvalue weighted by molar-refractivity contribution is 0.0443. The molecule has 0 bridgehead atoms. The lowest BCUT2D eigenvalue weighted by atomic mass is 10.1. The molecule has 0 amide bonds. The van der Waals surface area contributed by atoms with E-state index in [1.807, 2.05) is 12.3 Å². The van der Waals surface area contributed by atoms with E-state index in [9.17, 15) is 0 Å². The smallest absolute Gasteiger partial charge is 0.253 e. The zero-order chi connectivity index (χ0) is 24.3. The van der Waals surface area contributed by atoms with Gasteiger partial charge in [-0.1, -0.05) is 35.6 Å². The summed E-state index contributed by atoms with van der Waals surface area (Å²) in [5.41, 5.74) is 4.08. The van der Waals surface area contributed by atoms with Crippen LogP contribution in [0.15, 0.2) is 42.6 Å². The van der Waals surface area contributed by atoms with Crippen LogP contribution in [0.25, 0.3) is 27.4 Å². The number of rotatable bonds is 4. The van der Waals surface area contributed by atoms with Crippen LogP contribution >= 0.6 is 11.3 Å². The summed E-state index contributed by atoms with van der Waals surface area (Å²) < 4.78 is 13.8. The molecule has 184 valence electrons. The third kappa shape index (κ3) is 4.99. The van der Waals surface area contributed by atoms with Crippen LogP contribution in [0.3, 0.4) is 0 Å². The van der Waals surface area contributed by atoms with Crippen LogP contribution in [0.1, 0.15) is 10.4 Å². The highest BCUT2D eigenvalue weighted by Crippen LogP contribution is 2.33. The minimum Gasteiger partial charge on any atom is -0.379 e. The summed E-state index contributed by atoms with van der Waals surface area (Å²) >= 11 is 1.66. The molecule has 8 nitrogen and oxygen atoms in total. The van der Waals surface area contributed by atoms with Crippen molar-refractivity contribution in [2.45, 2.75) is 6.92 Å². The van der Waals surface area contributed by atoms with Gasteiger partial charge in [0, 0.05) is 37.9 Å². The second kappa shape index (κ2) is 10.4. The highest BCUT2D eigenvalue weighted by molar-refractivity contribution is 7.20. The standard InChI is InChI=1S/C27H28N6O2S/c1-20-4-2-5-21(18-20)23-7-9-33(30-23)27-28-24-19-22(6-3-8-31-10-14-34-15-11-31)36-25(24)26(29-27)32-12-16-35-17-13-32/h2,4-5,7,9,18-19H,8,10-17H2,1H3. The molecular formula is C27H28N6O2S. The number of aromatic nitrogens is 4. The van der Waals surface area contributed by atoms with Gasteiger partial charge in [0.1, 0.15) is 0 Å². The quantitative estimate of drug-likeness (QED) is 0.398. The minimum absolute atomic E-state index is 0.563. The molecule has 0 unspecified atom stereocenters. The van der Waals surface area contributed by atoms with E-state index in [0.29, 0.717) is 19.2 Å². The van der Waals surface area contributed by atoms with Gasteiger partial charge in [-0.25, -0.2) is 9.67 Å². The monoisotopic (exact) mass is 500 g/mol. The maximum Gasteiger partial charge on any atom is 0.253 e. The number of ether oxygens (including phenoxy) is 2. The number of hydrogen-bond acceptors (Lipinski definition) is 8. The Labute approximate surface area is 214 Å². The number of hydrogen-bond donors (Lipinski definition) is 0. The van der Waals surface area contributed by atoms with Crippen molar-refractivity contribution in [1.29, 1.82) is 0 Å². The average Bonchev–Trinajstić information content (AvgIpc) is 3.57. The molecule has 0 radical (unpaired) electrons. The summed E-state index contributed by atoms with van der Waals surface area (Å²) in [7, 11) is 0. The largest absolute Gasteiger partial charge is 0.379 e. The molecule has 2 fully saturated rings. The van der Waals surface area contributed by atoms with Crippen LogP contribution in [0.2, 0.25) is 0 Å². The molecule has 36 heavy (non-hydrogen) atoms. The maximum atomic E-state index is 5.59. The Hall–Kier alpha value is -3.29. The summed E-state index contributed by atoms with van der Waals surface area (Å²) in [6.45, 7) is 9.26. The van der Waals surface area contributed by atoms with Crippen molar-refractivity contribution in [2.24, 2.45) is 0 Å². The molecule has 0 N–H and O–H groups in total. The Morgan fingerprint density at radius 3 is 2.58 bits per heavy atom. The third-order valence-electron chi connectivity index (χ3n) is 6.38. The molecule has 2 saturated heterocycles. The predicted octanol–water partition coefficient (Wildman–Crippen LogP) is 3.37. The van der Waals surface area contributed by atoms with E-state index in [1.165, 1.54) is 5.56 Å². The van der Waals surface area contributed by atoms with Crippen molar-refractivity contribution in [3.05, 3.63) is 53.0 Å². The molecule has 6 rings (SSSR count). The van der Waals surface area contributed by atoms with E-state index in [-0.39, 0.29) is 0 Å². The minimum atomic E-state index is 0.563. The Morgan fingerprint density at radius 2 is 1.78 bits per heavy atom. The summed E-state index contributed by atoms with van der Waals surface area (Å²) in [6, 6.07) is 12.4. The van der Waals surface area contributed by atoms with Crippen LogP contribution in [0.5, 0.6) is 0 Å². The first-order chi connectivity index (χ1) is 17.7. The molecule has 0 aliphatic carbocycles. The maximum absolute atomic E-state index is 5.59. The van der Waals surface area contributed by atoms with Crippen LogP contribution in [-0.4, -0.2) is 83.8 Å². The van der Waals surface area contributed by atoms with Gasteiger partial charge in [0.05, 0.1) is 53.8 Å². The Balaban J connectivity index is 1.34. The van der Waals surface area contributed by atoms with Gasteiger partial charge in [0.15, 0.2) is 5.82 Å². The summed E-state index contributed by atoms with van der Waals surface area (Å²) in [5, 5.41) is 4.80. The van der Waals surface area contributed by atoms with Gasteiger partial charge < -0.3 is 14.4 Å². The zero-order valence-electron chi connectivity index (χ0n) is 20.3. The van der Waals surface area contributed by atoms with E-state index >= 15 is 0 Å². The second-order valence-corrected chi connectivity index (χ2v) is 10.0. The molecule has 9 heteroatoms. The Kier molecular flexibility index (Phi) is 6.66. The van der Waals surface area contributed by atoms with Gasteiger partial charge >= 0.3 is 0 Å². The number of anilines is 1. The summed E-state index contributed by atoms with van der Waals surface area (Å²) in [5.74, 6) is 8.18. The van der Waals surface area contributed by atoms with Gasteiger partial charge in [-0.05, 0) is 25.1 Å². The van der Waals surface area contributed by atoms with Gasteiger partial charge in [-0.3, -0.25) is 4.90 Å². The van der Waals surface area contributed by atoms with E-state index in [0.717, 1.165) is 78.1 Å². The van der Waals surface area contributed by atoms with Crippen molar-refractivity contribution in [3.8, 4) is 29.0 Å². The van der Waals surface area contributed by atoms with E-state index in [4.69, 9.17) is 24.5 Å². The van der Waals surface area contributed by atoms with E-state index in [1.54, 1.807) is 16.0 Å². The fourth-order valence-electron chi connectivity index (χ4n) is 4.45. The normalized spacial score (nSPS) is 16.8. The van der Waals surface area contributed by atoms with Crippen LogP contribution < -0.4 is 4.90 Å². The van der Waals surface area contributed by atoms with Gasteiger partial charge in [-0.2, -0.15) is 10.1 Å². The first-order valence-corrected chi connectivity index (χ1v) is 13.1. The third-order valence-corrected chi connectivity index (χ3v) is 7.41. The predicted molar refractivity (Wildman–Crippen MR) is 142 cm³/mol. The summed E-state index contributed by atoms with van der Waals surface area (Å²) in [6.07, 6.45) is 1.93. The van der Waals surface area contributed by atoms with Crippen molar-refractivity contribution in [2.75, 3.05) is 64.1 Å². The number of benzene rings is 1. The van der Waals surface area contributed by atoms with Crippen LogP contribution in [0, 0.1) is 18.8 Å². The molecule has 4 aromatic rings. The highest BCUT2D eigenvalue weighted by atomic mass is 32.1. The lowest BCUT2D eigenvalue weighted by Gasteiger charge is -2.28. The molecular weight excluding hydrogens is 472 g/mol. The Morgan fingerprint density at radius 1 is 0.972 bits per heavy atom. The molecule has 0 spiro atoms. The van der Waals surface area contributed by atoms with Crippen molar-refractivity contribution < 1.29 is 9.47 Å². The van der Waals surface area contributed by atoms with E-state index in [2.05, 4.69) is 58.9 Å². The molecule has 5 heterocycles. The highest BCUT2D eigenvalue weighted by Gasteiger charge is 2.20. The van der Waals surface area contributed by atoms with Crippen molar-refractivity contribution >= 4 is 27.4 Å². The molecule has 2 aliphatic heterocycles. The molecule has 1 aromatic carbocycles. The van der Waals surface area contributed by atoms with Crippen LogP contribution in [-0.2, 0) is 9.47 Å². The fourth-order valence-corrected chi connectivity index (χ4v) is 5.44. The summed E-state index contributed by atoms with van der Waals surface area (Å²) in [4.78, 5) is 15.5. The molecule has 3 aromatic heterocycles. The molecule has 0 atom stereocenters. The SMILES string of the molecule is Cc1cccc(-c2ccn(-c3nc(N4CCOCC4)c4sc(C#CCN5CCOCC5)cc4n3)n2)c1. The first kappa shape index (κ1) is 23.1. The van der Waals surface area contributed by atoms with Crippen molar-refractivity contribution in [3.63, 3.8) is 0 Å². The van der Waals surface area contributed by atoms with Crippen molar-refractivity contribution in [1.82, 2.24) is 24.6 Å². The fraction of sp³-hybridized carbons (Fsp3) is 0.370. The lowest BCUT2D eigenvalue weighted by Crippen LogP contribution is -2.37. The number of morpholine rings is 2. The van der Waals surface area contributed by atoms with Crippen LogP contribution in [0.4, 0.5) is 5.82 Å².